The van der Waals surface area contributed by atoms with Crippen LogP contribution in [0.25, 0.3) is 0 Å². The minimum atomic E-state index is -0.800. The van der Waals surface area contributed by atoms with E-state index in [0.717, 1.165) is 5.56 Å². The van der Waals surface area contributed by atoms with E-state index in [0.29, 0.717) is 12.5 Å². The van der Waals surface area contributed by atoms with Crippen LogP contribution in [-0.4, -0.2) is 36.9 Å². The highest BCUT2D eigenvalue weighted by molar-refractivity contribution is 5.94. The fourth-order valence-electron chi connectivity index (χ4n) is 1.62. The number of aliphatic hydroxyl groups excluding tert-OH is 1. The van der Waals surface area contributed by atoms with Crippen LogP contribution in [0.15, 0.2) is 18.2 Å². The Morgan fingerprint density at radius 1 is 1.40 bits per heavy atom. The van der Waals surface area contributed by atoms with Crippen LogP contribution in [0.2, 0.25) is 0 Å². The lowest BCUT2D eigenvalue weighted by atomic mass is 10.1. The quantitative estimate of drug-likeness (QED) is 0.803. The molecular weight excluding hydrogens is 261 g/mol. The molecule has 1 aromatic carbocycles. The second-order valence-corrected chi connectivity index (χ2v) is 5.28. The summed E-state index contributed by atoms with van der Waals surface area (Å²) in [6.07, 6.45) is -0.800. The van der Waals surface area contributed by atoms with Gasteiger partial charge in [0.1, 0.15) is 5.82 Å². The number of hydrogen-bond donors (Lipinski definition) is 2. The van der Waals surface area contributed by atoms with Gasteiger partial charge in [0.05, 0.1) is 18.3 Å². The molecule has 0 aliphatic rings. The third-order valence-electron chi connectivity index (χ3n) is 2.63. The highest BCUT2D eigenvalue weighted by atomic mass is 19.1. The van der Waals surface area contributed by atoms with Crippen LogP contribution < -0.4 is 5.32 Å². The van der Waals surface area contributed by atoms with E-state index in [-0.39, 0.29) is 18.7 Å². The SMILES string of the molecule is Cc1ccc(F)c(C(=O)NCC(O)COCC(C)C)c1. The molecule has 0 aliphatic carbocycles. The number of carbonyl (C=O) groups is 1. The van der Waals surface area contributed by atoms with Crippen LogP contribution in [0.5, 0.6) is 0 Å². The number of ether oxygens (including phenoxy) is 1. The normalized spacial score (nSPS) is 12.5. The molecule has 5 heteroatoms. The third kappa shape index (κ3) is 5.67. The van der Waals surface area contributed by atoms with E-state index < -0.39 is 17.8 Å². The van der Waals surface area contributed by atoms with Crippen LogP contribution in [0.4, 0.5) is 4.39 Å². The number of halogens is 1. The molecule has 0 bridgehead atoms. The number of rotatable bonds is 7. The first-order valence-corrected chi connectivity index (χ1v) is 6.70. The van der Waals surface area contributed by atoms with Crippen molar-refractivity contribution in [2.45, 2.75) is 26.9 Å². The Bertz CT molecular complexity index is 449. The number of aliphatic hydroxyl groups is 1. The smallest absolute Gasteiger partial charge is 0.254 e. The van der Waals surface area contributed by atoms with Gasteiger partial charge in [0, 0.05) is 13.2 Å². The van der Waals surface area contributed by atoms with Gasteiger partial charge in [0.2, 0.25) is 0 Å². The second-order valence-electron chi connectivity index (χ2n) is 5.28. The number of benzene rings is 1. The standard InChI is InChI=1S/C15H22FNO3/c1-10(2)8-20-9-12(18)7-17-15(19)13-6-11(3)4-5-14(13)16/h4-6,10,12,18H,7-9H2,1-3H3,(H,17,19). The van der Waals surface area contributed by atoms with Gasteiger partial charge in [-0.3, -0.25) is 4.79 Å². The first kappa shape index (κ1) is 16.6. The van der Waals surface area contributed by atoms with Crippen molar-refractivity contribution in [3.05, 3.63) is 35.1 Å². The van der Waals surface area contributed by atoms with Gasteiger partial charge in [-0.25, -0.2) is 4.39 Å². The lowest BCUT2D eigenvalue weighted by molar-refractivity contribution is 0.0259. The molecule has 0 fully saturated rings. The highest BCUT2D eigenvalue weighted by Gasteiger charge is 2.13. The highest BCUT2D eigenvalue weighted by Crippen LogP contribution is 2.09. The Morgan fingerprint density at radius 2 is 2.10 bits per heavy atom. The van der Waals surface area contributed by atoms with Crippen molar-refractivity contribution in [1.29, 1.82) is 0 Å². The molecule has 0 spiro atoms. The molecule has 0 aromatic heterocycles. The molecule has 0 saturated carbocycles. The largest absolute Gasteiger partial charge is 0.389 e. The molecule has 0 radical (unpaired) electrons. The van der Waals surface area contributed by atoms with Gasteiger partial charge in [-0.2, -0.15) is 0 Å². The zero-order valence-electron chi connectivity index (χ0n) is 12.1. The van der Waals surface area contributed by atoms with Gasteiger partial charge in [0.15, 0.2) is 0 Å². The molecule has 0 aliphatic heterocycles. The summed E-state index contributed by atoms with van der Waals surface area (Å²) in [6, 6.07) is 4.33. The Hall–Kier alpha value is -1.46. The summed E-state index contributed by atoms with van der Waals surface area (Å²) in [5.74, 6) is -0.717. The Labute approximate surface area is 119 Å². The summed E-state index contributed by atoms with van der Waals surface area (Å²) in [4.78, 5) is 11.8. The summed E-state index contributed by atoms with van der Waals surface area (Å²) in [5.41, 5.74) is 0.790. The van der Waals surface area contributed by atoms with Crippen LogP contribution in [0, 0.1) is 18.7 Å². The molecule has 1 rings (SSSR count). The first-order chi connectivity index (χ1) is 9.40. The van der Waals surface area contributed by atoms with Crippen LogP contribution in [0.3, 0.4) is 0 Å². The fourth-order valence-corrected chi connectivity index (χ4v) is 1.62. The molecule has 0 heterocycles. The molecule has 1 amide bonds. The van der Waals surface area contributed by atoms with Crippen LogP contribution in [0.1, 0.15) is 29.8 Å². The number of aryl methyl sites for hydroxylation is 1. The summed E-state index contributed by atoms with van der Waals surface area (Å²) in [6.45, 7) is 6.53. The number of carbonyl (C=O) groups excluding carboxylic acids is 1. The Kier molecular flexibility index (Phi) is 6.61. The Balaban J connectivity index is 2.41. The van der Waals surface area contributed by atoms with Crippen molar-refractivity contribution in [2.24, 2.45) is 5.92 Å². The molecule has 4 nitrogen and oxygen atoms in total. The maximum Gasteiger partial charge on any atom is 0.254 e. The minimum Gasteiger partial charge on any atom is -0.389 e. The van der Waals surface area contributed by atoms with Crippen molar-refractivity contribution in [3.63, 3.8) is 0 Å². The summed E-state index contributed by atoms with van der Waals surface area (Å²) in [5, 5.41) is 12.1. The van der Waals surface area contributed by atoms with Crippen LogP contribution >= 0.6 is 0 Å². The average molecular weight is 283 g/mol. The molecule has 1 unspecified atom stereocenters. The van der Waals surface area contributed by atoms with Gasteiger partial charge in [-0.1, -0.05) is 25.5 Å². The molecule has 1 atom stereocenters. The monoisotopic (exact) mass is 283 g/mol. The number of nitrogens with one attached hydrogen (secondary N) is 1. The lowest BCUT2D eigenvalue weighted by Gasteiger charge is -2.14. The maximum absolute atomic E-state index is 13.5. The predicted molar refractivity (Wildman–Crippen MR) is 75.1 cm³/mol. The molecule has 20 heavy (non-hydrogen) atoms. The van der Waals surface area contributed by atoms with E-state index >= 15 is 0 Å². The minimum absolute atomic E-state index is 0.0136. The van der Waals surface area contributed by atoms with E-state index in [1.807, 2.05) is 13.8 Å². The van der Waals surface area contributed by atoms with Gasteiger partial charge >= 0.3 is 0 Å². The van der Waals surface area contributed by atoms with E-state index in [4.69, 9.17) is 4.74 Å². The summed E-state index contributed by atoms with van der Waals surface area (Å²) < 4.78 is 18.8. The molecular formula is C15H22FNO3. The molecule has 2 N–H and O–H groups in total. The first-order valence-electron chi connectivity index (χ1n) is 6.70. The van der Waals surface area contributed by atoms with E-state index in [1.165, 1.54) is 12.1 Å². The predicted octanol–water partition coefficient (Wildman–Crippen LogP) is 1.90. The average Bonchev–Trinajstić information content (AvgIpc) is 2.38. The zero-order valence-corrected chi connectivity index (χ0v) is 12.1. The molecule has 112 valence electrons. The topological polar surface area (TPSA) is 58.6 Å². The van der Waals surface area contributed by atoms with Crippen molar-refractivity contribution in [3.8, 4) is 0 Å². The van der Waals surface area contributed by atoms with Gasteiger partial charge in [0.25, 0.3) is 5.91 Å². The van der Waals surface area contributed by atoms with Gasteiger partial charge < -0.3 is 15.2 Å². The Morgan fingerprint density at radius 3 is 2.75 bits per heavy atom. The summed E-state index contributed by atoms with van der Waals surface area (Å²) in [7, 11) is 0. The number of hydrogen-bond acceptors (Lipinski definition) is 3. The van der Waals surface area contributed by atoms with Crippen molar-refractivity contribution in [2.75, 3.05) is 19.8 Å². The fraction of sp³-hybridized carbons (Fsp3) is 0.533. The molecule has 1 aromatic rings. The lowest BCUT2D eigenvalue weighted by Crippen LogP contribution is -2.35. The van der Waals surface area contributed by atoms with Crippen LogP contribution in [-0.2, 0) is 4.74 Å². The number of amides is 1. The van der Waals surface area contributed by atoms with E-state index in [9.17, 15) is 14.3 Å². The van der Waals surface area contributed by atoms with E-state index in [1.54, 1.807) is 13.0 Å². The van der Waals surface area contributed by atoms with Crippen molar-refractivity contribution in [1.82, 2.24) is 5.32 Å². The van der Waals surface area contributed by atoms with Crippen molar-refractivity contribution < 1.29 is 19.0 Å². The zero-order chi connectivity index (χ0) is 15.1. The summed E-state index contributed by atoms with van der Waals surface area (Å²) >= 11 is 0. The maximum atomic E-state index is 13.5. The van der Waals surface area contributed by atoms with Gasteiger partial charge in [-0.15, -0.1) is 0 Å². The van der Waals surface area contributed by atoms with Gasteiger partial charge in [-0.05, 0) is 25.0 Å². The van der Waals surface area contributed by atoms with E-state index in [2.05, 4.69) is 5.32 Å². The molecule has 0 saturated heterocycles. The van der Waals surface area contributed by atoms with Crippen molar-refractivity contribution >= 4 is 5.91 Å². The third-order valence-corrected chi connectivity index (χ3v) is 2.63. The second kappa shape index (κ2) is 7.97.